The quantitative estimate of drug-likeness (QED) is 0.760. The molecule has 0 saturated carbocycles. The van der Waals surface area contributed by atoms with E-state index >= 15 is 0 Å². The molecule has 1 aromatic carbocycles. The van der Waals surface area contributed by atoms with Crippen molar-refractivity contribution in [3.63, 3.8) is 0 Å². The molecule has 7 nitrogen and oxygen atoms in total. The Balaban J connectivity index is 1.54. The molecule has 142 valence electrons. The van der Waals surface area contributed by atoms with Crippen LogP contribution in [0.5, 0.6) is 0 Å². The average molecular weight is 375 g/mol. The molecule has 0 atom stereocenters. The number of nitrogens with one attached hydrogen (secondary N) is 1. The van der Waals surface area contributed by atoms with E-state index in [9.17, 15) is 9.59 Å². The average Bonchev–Trinajstić information content (AvgIpc) is 2.74. The molecule has 1 aliphatic heterocycles. The van der Waals surface area contributed by atoms with E-state index < -0.39 is 0 Å². The van der Waals surface area contributed by atoms with Crippen LogP contribution in [0.25, 0.3) is 10.9 Å². The van der Waals surface area contributed by atoms with E-state index in [4.69, 9.17) is 0 Å². The Morgan fingerprint density at radius 2 is 1.75 bits per heavy atom. The van der Waals surface area contributed by atoms with Gasteiger partial charge in [-0.1, -0.05) is 18.2 Å². The van der Waals surface area contributed by atoms with E-state index in [-0.39, 0.29) is 17.5 Å². The van der Waals surface area contributed by atoms with E-state index in [1.165, 1.54) is 6.20 Å². The first kappa shape index (κ1) is 18.1. The van der Waals surface area contributed by atoms with Crippen molar-refractivity contribution in [1.29, 1.82) is 0 Å². The second-order valence-electron chi connectivity index (χ2n) is 6.86. The second-order valence-corrected chi connectivity index (χ2v) is 6.86. The minimum atomic E-state index is -0.298. The third kappa shape index (κ3) is 3.70. The van der Waals surface area contributed by atoms with Crippen molar-refractivity contribution in [2.45, 2.75) is 0 Å². The lowest BCUT2D eigenvalue weighted by Gasteiger charge is -2.32. The molecule has 1 aliphatic rings. The molecule has 0 bridgehead atoms. The molecule has 7 heteroatoms. The van der Waals surface area contributed by atoms with Gasteiger partial charge in [-0.15, -0.1) is 0 Å². The van der Waals surface area contributed by atoms with Crippen LogP contribution in [0.15, 0.2) is 54.9 Å². The molecule has 28 heavy (non-hydrogen) atoms. The number of fused-ring (bicyclic) bond motifs is 1. The van der Waals surface area contributed by atoms with E-state index in [1.54, 1.807) is 23.2 Å². The van der Waals surface area contributed by atoms with Crippen LogP contribution in [0.1, 0.15) is 20.8 Å². The summed E-state index contributed by atoms with van der Waals surface area (Å²) in [4.78, 5) is 38.0. The molecular weight excluding hydrogens is 354 g/mol. The molecule has 2 amide bonds. The lowest BCUT2D eigenvalue weighted by Crippen LogP contribution is -2.47. The lowest BCUT2D eigenvalue weighted by atomic mass is 10.1. The summed E-state index contributed by atoms with van der Waals surface area (Å²) < 4.78 is 0. The first-order chi connectivity index (χ1) is 13.6. The first-order valence-electron chi connectivity index (χ1n) is 9.21. The SMILES string of the molecule is CN1CCN(C(=O)c2cc(C(=O)Nc3cccc4cccnc34)ccn2)CC1. The van der Waals surface area contributed by atoms with Crippen molar-refractivity contribution in [3.05, 3.63) is 66.1 Å². The normalized spacial score (nSPS) is 14.8. The van der Waals surface area contributed by atoms with Gasteiger partial charge < -0.3 is 15.1 Å². The summed E-state index contributed by atoms with van der Waals surface area (Å²) in [6, 6.07) is 12.6. The van der Waals surface area contributed by atoms with Gasteiger partial charge in [0.25, 0.3) is 11.8 Å². The van der Waals surface area contributed by atoms with Gasteiger partial charge in [-0.25, -0.2) is 0 Å². The Morgan fingerprint density at radius 1 is 0.964 bits per heavy atom. The first-order valence-corrected chi connectivity index (χ1v) is 9.21. The number of piperazine rings is 1. The topological polar surface area (TPSA) is 78.4 Å². The highest BCUT2D eigenvalue weighted by Gasteiger charge is 2.22. The number of benzene rings is 1. The van der Waals surface area contributed by atoms with Crippen molar-refractivity contribution in [3.8, 4) is 0 Å². The summed E-state index contributed by atoms with van der Waals surface area (Å²) in [5.74, 6) is -0.442. The highest BCUT2D eigenvalue weighted by molar-refractivity contribution is 6.09. The van der Waals surface area contributed by atoms with Crippen LogP contribution in [0, 0.1) is 0 Å². The Hall–Kier alpha value is -3.32. The predicted molar refractivity (Wildman–Crippen MR) is 107 cm³/mol. The number of carbonyl (C=O) groups is 2. The Morgan fingerprint density at radius 3 is 2.57 bits per heavy atom. The van der Waals surface area contributed by atoms with Gasteiger partial charge in [-0.05, 0) is 31.3 Å². The van der Waals surface area contributed by atoms with Gasteiger partial charge in [0.1, 0.15) is 5.69 Å². The molecule has 3 heterocycles. The fourth-order valence-electron chi connectivity index (χ4n) is 3.26. The van der Waals surface area contributed by atoms with Gasteiger partial charge in [0.15, 0.2) is 0 Å². The fraction of sp³-hybridized carbons (Fsp3) is 0.238. The number of aromatic nitrogens is 2. The molecule has 1 fully saturated rings. The highest BCUT2D eigenvalue weighted by atomic mass is 16.2. The molecule has 2 aromatic heterocycles. The summed E-state index contributed by atoms with van der Waals surface area (Å²) in [6.45, 7) is 2.99. The van der Waals surface area contributed by atoms with Gasteiger partial charge >= 0.3 is 0 Å². The van der Waals surface area contributed by atoms with E-state index in [0.717, 1.165) is 24.0 Å². The molecule has 3 aromatic rings. The van der Waals surface area contributed by atoms with Crippen molar-refractivity contribution >= 4 is 28.4 Å². The standard InChI is InChI=1S/C21H21N5O2/c1-25-10-12-26(13-11-25)21(28)18-14-16(7-9-22-18)20(27)24-17-6-2-4-15-5-3-8-23-19(15)17/h2-9,14H,10-13H2,1H3,(H,24,27). The molecule has 1 saturated heterocycles. The molecule has 0 aliphatic carbocycles. The molecule has 0 spiro atoms. The zero-order valence-corrected chi connectivity index (χ0v) is 15.6. The number of amides is 2. The zero-order valence-electron chi connectivity index (χ0n) is 15.6. The van der Waals surface area contributed by atoms with Crippen LogP contribution in [0.4, 0.5) is 5.69 Å². The number of anilines is 1. The third-order valence-corrected chi connectivity index (χ3v) is 4.91. The second kappa shape index (κ2) is 7.74. The van der Waals surface area contributed by atoms with Crippen LogP contribution in [0.2, 0.25) is 0 Å². The Bertz CT molecular complexity index is 1020. The van der Waals surface area contributed by atoms with Crippen molar-refractivity contribution < 1.29 is 9.59 Å². The van der Waals surface area contributed by atoms with E-state index in [2.05, 4.69) is 20.2 Å². The van der Waals surface area contributed by atoms with E-state index in [0.29, 0.717) is 24.3 Å². The largest absolute Gasteiger partial charge is 0.335 e. The number of nitrogens with zero attached hydrogens (tertiary/aromatic N) is 4. The maximum absolute atomic E-state index is 12.8. The van der Waals surface area contributed by atoms with Gasteiger partial charge in [0.2, 0.25) is 0 Å². The van der Waals surface area contributed by atoms with Crippen LogP contribution in [-0.2, 0) is 0 Å². The summed E-state index contributed by atoms with van der Waals surface area (Å²) in [6.07, 6.45) is 3.19. The summed E-state index contributed by atoms with van der Waals surface area (Å²) in [5, 5.41) is 3.84. The van der Waals surface area contributed by atoms with Crippen molar-refractivity contribution in [1.82, 2.24) is 19.8 Å². The number of hydrogen-bond acceptors (Lipinski definition) is 5. The molecule has 0 unspecified atom stereocenters. The predicted octanol–water partition coefficient (Wildman–Crippen LogP) is 2.27. The number of para-hydroxylation sites is 1. The number of likely N-dealkylation sites (N-methyl/N-ethyl adjacent to an activating group) is 1. The Labute approximate surface area is 163 Å². The zero-order chi connectivity index (χ0) is 19.5. The number of carbonyl (C=O) groups excluding carboxylic acids is 2. The van der Waals surface area contributed by atoms with Crippen LogP contribution in [0.3, 0.4) is 0 Å². The molecular formula is C21H21N5O2. The van der Waals surface area contributed by atoms with Crippen LogP contribution < -0.4 is 5.32 Å². The van der Waals surface area contributed by atoms with E-state index in [1.807, 2.05) is 37.4 Å². The number of pyridine rings is 2. The summed E-state index contributed by atoms with van der Waals surface area (Å²) >= 11 is 0. The maximum Gasteiger partial charge on any atom is 0.272 e. The van der Waals surface area contributed by atoms with Gasteiger partial charge in [-0.3, -0.25) is 19.6 Å². The lowest BCUT2D eigenvalue weighted by molar-refractivity contribution is 0.0658. The minimum Gasteiger partial charge on any atom is -0.335 e. The van der Waals surface area contributed by atoms with Crippen molar-refractivity contribution in [2.24, 2.45) is 0 Å². The third-order valence-electron chi connectivity index (χ3n) is 4.91. The minimum absolute atomic E-state index is 0.144. The molecule has 0 radical (unpaired) electrons. The maximum atomic E-state index is 12.8. The highest BCUT2D eigenvalue weighted by Crippen LogP contribution is 2.21. The summed E-state index contributed by atoms with van der Waals surface area (Å²) in [5.41, 5.74) is 2.03. The molecule has 1 N–H and O–H groups in total. The van der Waals surface area contributed by atoms with Crippen molar-refractivity contribution in [2.75, 3.05) is 38.5 Å². The van der Waals surface area contributed by atoms with Gasteiger partial charge in [0, 0.05) is 49.5 Å². The van der Waals surface area contributed by atoms with Crippen LogP contribution >= 0.6 is 0 Å². The fourth-order valence-corrected chi connectivity index (χ4v) is 3.26. The smallest absolute Gasteiger partial charge is 0.272 e. The van der Waals surface area contributed by atoms with Gasteiger partial charge in [-0.2, -0.15) is 0 Å². The number of rotatable bonds is 3. The monoisotopic (exact) mass is 375 g/mol. The molecule has 4 rings (SSSR count). The van der Waals surface area contributed by atoms with Crippen LogP contribution in [-0.4, -0.2) is 64.8 Å². The van der Waals surface area contributed by atoms with Gasteiger partial charge in [0.05, 0.1) is 11.2 Å². The number of hydrogen-bond donors (Lipinski definition) is 1. The summed E-state index contributed by atoms with van der Waals surface area (Å²) in [7, 11) is 2.03. The Kier molecular flexibility index (Phi) is 4.99.